The third-order valence-corrected chi connectivity index (χ3v) is 14.2. The van der Waals surface area contributed by atoms with E-state index in [0.717, 1.165) is 37.7 Å². The maximum absolute atomic E-state index is 11.9. The van der Waals surface area contributed by atoms with Crippen molar-refractivity contribution in [3.05, 3.63) is 35.9 Å². The van der Waals surface area contributed by atoms with Crippen molar-refractivity contribution in [3.63, 3.8) is 0 Å². The Labute approximate surface area is 322 Å². The van der Waals surface area contributed by atoms with Gasteiger partial charge in [-0.1, -0.05) is 71.9 Å². The van der Waals surface area contributed by atoms with Crippen LogP contribution in [0.4, 0.5) is 0 Å². The normalized spacial score (nSPS) is 45.8. The first-order valence-corrected chi connectivity index (χ1v) is 20.7. The number of carbonyl (C=O) groups is 1. The van der Waals surface area contributed by atoms with E-state index in [1.165, 1.54) is 7.11 Å². The fourth-order valence-corrected chi connectivity index (χ4v) is 10.8. The van der Waals surface area contributed by atoms with Gasteiger partial charge in [0.25, 0.3) is 0 Å². The standard InChI is InChI=1S/C43H68O11/c1-10-41(38-26(3)21-33(50-38)35-25(2)20-27(4)43(47,53-35)24-49-23-31-14-12-11-13-15-31)17-16-34(51-41)40(8)18-19-42(54-40)22-32(44)28(5)37(52-42)29(6)36(48-9)30(7)39(45)46/h11-15,25-30,32-38,44,47H,10,16-24H2,1-9H3,(H,45,46)/t25-,26-,27+,28+,29-,30+,32-,33+,34+,35-,36+,37-,38+,40-,41-,42+,43-/m0/s1. The van der Waals surface area contributed by atoms with Crippen molar-refractivity contribution in [1.29, 1.82) is 0 Å². The molecule has 0 saturated carbocycles. The average Bonchev–Trinajstić information content (AvgIpc) is 3.85. The molecule has 5 saturated heterocycles. The maximum Gasteiger partial charge on any atom is 0.308 e. The highest BCUT2D eigenvalue weighted by atomic mass is 16.7. The molecule has 5 heterocycles. The van der Waals surface area contributed by atoms with Gasteiger partial charge in [-0.15, -0.1) is 0 Å². The minimum atomic E-state index is -1.40. The predicted molar refractivity (Wildman–Crippen MR) is 201 cm³/mol. The molecule has 0 aromatic heterocycles. The summed E-state index contributed by atoms with van der Waals surface area (Å²) >= 11 is 0. The second kappa shape index (κ2) is 16.3. The lowest BCUT2D eigenvalue weighted by Crippen LogP contribution is -2.57. The predicted octanol–water partition coefficient (Wildman–Crippen LogP) is 6.50. The van der Waals surface area contributed by atoms with E-state index in [1.807, 2.05) is 51.1 Å². The number of rotatable bonds is 13. The molecule has 1 aromatic rings. The fourth-order valence-electron chi connectivity index (χ4n) is 10.8. The molecular formula is C43H68O11. The Balaban J connectivity index is 1.11. The molecule has 5 aliphatic heterocycles. The van der Waals surface area contributed by atoms with Crippen LogP contribution in [0.5, 0.6) is 0 Å². The second-order valence-electron chi connectivity index (χ2n) is 18.1. The van der Waals surface area contributed by atoms with Crippen molar-refractivity contribution in [2.75, 3.05) is 13.7 Å². The topological polar surface area (TPSA) is 142 Å². The number of hydrogen-bond acceptors (Lipinski definition) is 10. The molecular weight excluding hydrogens is 692 g/mol. The van der Waals surface area contributed by atoms with Crippen molar-refractivity contribution in [1.82, 2.24) is 0 Å². The zero-order chi connectivity index (χ0) is 39.2. The molecule has 11 nitrogen and oxygen atoms in total. The Morgan fingerprint density at radius 1 is 1.00 bits per heavy atom. The van der Waals surface area contributed by atoms with Crippen molar-refractivity contribution >= 4 is 5.97 Å². The van der Waals surface area contributed by atoms with Gasteiger partial charge in [0, 0.05) is 37.7 Å². The largest absolute Gasteiger partial charge is 0.481 e. The van der Waals surface area contributed by atoms with Crippen molar-refractivity contribution < 1.29 is 53.3 Å². The molecule has 0 bridgehead atoms. The third kappa shape index (κ3) is 8.05. The Hall–Kier alpha value is -1.67. The van der Waals surface area contributed by atoms with Crippen LogP contribution in [0.25, 0.3) is 0 Å². The van der Waals surface area contributed by atoms with Crippen LogP contribution in [0.2, 0.25) is 0 Å². The number of aliphatic hydroxyl groups is 2. The summed E-state index contributed by atoms with van der Waals surface area (Å²) in [5.41, 5.74) is -0.0929. The Morgan fingerprint density at radius 2 is 1.72 bits per heavy atom. The van der Waals surface area contributed by atoms with Crippen molar-refractivity contribution in [3.8, 4) is 0 Å². The summed E-state index contributed by atoms with van der Waals surface area (Å²) in [5, 5.41) is 32.9. The average molecular weight is 761 g/mol. The summed E-state index contributed by atoms with van der Waals surface area (Å²) in [6.07, 6.45) is 3.21. The number of aliphatic hydroxyl groups excluding tert-OH is 1. The SMILES string of the molecule is CC[C@@]1([C@@H]2O[C@@H]([C@H]3O[C@@](O)(COCc4ccccc4)[C@H](C)C[C@@H]3C)C[C@@H]2C)CC[C@H]([C@]2(C)CC[C@]3(C[C@H](O)[C@@H](C)[C@@H]([C@@H](C)[C@@H](OC)[C@@H](C)C(=O)O)O3)O2)O1. The molecule has 11 heteroatoms. The molecule has 5 fully saturated rings. The number of methoxy groups -OCH3 is 1. The lowest BCUT2D eigenvalue weighted by Gasteiger charge is -2.49. The van der Waals surface area contributed by atoms with E-state index >= 15 is 0 Å². The first-order chi connectivity index (χ1) is 25.5. The van der Waals surface area contributed by atoms with E-state index in [4.69, 9.17) is 33.2 Å². The number of benzene rings is 1. The van der Waals surface area contributed by atoms with Gasteiger partial charge < -0.3 is 48.5 Å². The highest BCUT2D eigenvalue weighted by Gasteiger charge is 2.62. The van der Waals surface area contributed by atoms with Crippen molar-refractivity contribution in [2.45, 2.75) is 179 Å². The lowest BCUT2D eigenvalue weighted by atomic mass is 9.78. The molecule has 0 radical (unpaired) electrons. The third-order valence-electron chi connectivity index (χ3n) is 14.2. The molecule has 17 atom stereocenters. The molecule has 5 aliphatic rings. The number of ether oxygens (including phenoxy) is 7. The van der Waals surface area contributed by atoms with Gasteiger partial charge in [0.2, 0.25) is 0 Å². The van der Waals surface area contributed by atoms with Crippen LogP contribution >= 0.6 is 0 Å². The molecule has 306 valence electrons. The molecule has 6 rings (SSSR count). The summed E-state index contributed by atoms with van der Waals surface area (Å²) in [6.45, 7) is 16.8. The van der Waals surface area contributed by atoms with Gasteiger partial charge >= 0.3 is 5.97 Å². The second-order valence-corrected chi connectivity index (χ2v) is 18.1. The molecule has 54 heavy (non-hydrogen) atoms. The van der Waals surface area contributed by atoms with Crippen LogP contribution < -0.4 is 0 Å². The summed E-state index contributed by atoms with van der Waals surface area (Å²) in [7, 11) is 1.53. The van der Waals surface area contributed by atoms with Crippen LogP contribution in [0.15, 0.2) is 30.3 Å². The number of hydrogen-bond donors (Lipinski definition) is 3. The van der Waals surface area contributed by atoms with Crippen LogP contribution in [-0.4, -0.2) is 101 Å². The number of aliphatic carboxylic acids is 1. The summed E-state index contributed by atoms with van der Waals surface area (Å²) in [4.78, 5) is 11.9. The molecule has 0 amide bonds. The Bertz CT molecular complexity index is 1410. The molecule has 0 aliphatic carbocycles. The van der Waals surface area contributed by atoms with Crippen LogP contribution in [0.1, 0.15) is 112 Å². The van der Waals surface area contributed by atoms with Crippen LogP contribution in [-0.2, 0) is 44.6 Å². The number of carboxylic acid groups (broad SMARTS) is 1. The first kappa shape index (κ1) is 41.9. The van der Waals surface area contributed by atoms with E-state index < -0.39 is 53.0 Å². The van der Waals surface area contributed by atoms with Gasteiger partial charge in [-0.3, -0.25) is 4.79 Å². The summed E-state index contributed by atoms with van der Waals surface area (Å²) in [5.74, 6) is -4.24. The highest BCUT2D eigenvalue weighted by Crippen LogP contribution is 2.55. The lowest BCUT2D eigenvalue weighted by molar-refractivity contribution is -0.336. The van der Waals surface area contributed by atoms with Crippen LogP contribution in [0, 0.1) is 35.5 Å². The Morgan fingerprint density at radius 3 is 2.39 bits per heavy atom. The summed E-state index contributed by atoms with van der Waals surface area (Å²) in [6, 6.07) is 9.97. The minimum absolute atomic E-state index is 0.0869. The van der Waals surface area contributed by atoms with E-state index in [9.17, 15) is 20.1 Å². The fraction of sp³-hybridized carbons (Fsp3) is 0.837. The molecule has 1 spiro atoms. The van der Waals surface area contributed by atoms with Gasteiger partial charge in [-0.2, -0.15) is 0 Å². The Kier molecular flexibility index (Phi) is 12.7. The van der Waals surface area contributed by atoms with Gasteiger partial charge in [-0.25, -0.2) is 0 Å². The van der Waals surface area contributed by atoms with Gasteiger partial charge in [0.1, 0.15) is 6.61 Å². The number of carboxylic acids is 1. The van der Waals surface area contributed by atoms with Gasteiger partial charge in [-0.05, 0) is 69.8 Å². The van der Waals surface area contributed by atoms with Gasteiger partial charge in [0.15, 0.2) is 11.6 Å². The maximum atomic E-state index is 11.9. The minimum Gasteiger partial charge on any atom is -0.481 e. The van der Waals surface area contributed by atoms with Crippen molar-refractivity contribution in [2.24, 2.45) is 35.5 Å². The monoisotopic (exact) mass is 760 g/mol. The first-order valence-electron chi connectivity index (χ1n) is 20.7. The van der Waals surface area contributed by atoms with Crippen LogP contribution in [0.3, 0.4) is 0 Å². The molecule has 0 unspecified atom stereocenters. The van der Waals surface area contributed by atoms with E-state index in [1.54, 1.807) is 6.92 Å². The molecule has 3 N–H and O–H groups in total. The van der Waals surface area contributed by atoms with Gasteiger partial charge in [0.05, 0.1) is 66.5 Å². The highest BCUT2D eigenvalue weighted by molar-refractivity contribution is 5.70. The smallest absolute Gasteiger partial charge is 0.308 e. The quantitative estimate of drug-likeness (QED) is 0.203. The van der Waals surface area contributed by atoms with E-state index in [2.05, 4.69) is 27.7 Å². The zero-order valence-corrected chi connectivity index (χ0v) is 34.1. The van der Waals surface area contributed by atoms with E-state index in [-0.39, 0.29) is 60.6 Å². The van der Waals surface area contributed by atoms with E-state index in [0.29, 0.717) is 25.9 Å². The molecule has 1 aromatic carbocycles. The summed E-state index contributed by atoms with van der Waals surface area (Å²) < 4.78 is 46.3. The zero-order valence-electron chi connectivity index (χ0n) is 34.1.